The maximum Gasteiger partial charge on any atom is 0.0611 e. The Kier molecular flexibility index (Phi) is 7.54. The number of ether oxygens (including phenoxy) is 1. The fourth-order valence-corrected chi connectivity index (χ4v) is 3.65. The molecule has 3 heteroatoms. The van der Waals surface area contributed by atoms with Crippen molar-refractivity contribution in [1.82, 2.24) is 0 Å². The third-order valence-electron chi connectivity index (χ3n) is 5.22. The molecule has 3 N–H and O–H groups in total. The average molecular weight is 319 g/mol. The van der Waals surface area contributed by atoms with Crippen molar-refractivity contribution in [1.29, 1.82) is 0 Å². The van der Waals surface area contributed by atoms with E-state index >= 15 is 0 Å². The van der Waals surface area contributed by atoms with Gasteiger partial charge in [0.1, 0.15) is 0 Å². The molecule has 23 heavy (non-hydrogen) atoms. The van der Waals surface area contributed by atoms with Gasteiger partial charge in [-0.3, -0.25) is 0 Å². The first-order valence-electron chi connectivity index (χ1n) is 9.14. The topological polar surface area (TPSA) is 55.5 Å². The maximum absolute atomic E-state index is 9.39. The quantitative estimate of drug-likeness (QED) is 0.645. The molecule has 1 aliphatic carbocycles. The smallest absolute Gasteiger partial charge is 0.0611 e. The third-order valence-corrected chi connectivity index (χ3v) is 5.22. The van der Waals surface area contributed by atoms with E-state index in [2.05, 4.69) is 24.3 Å². The van der Waals surface area contributed by atoms with Crippen molar-refractivity contribution in [3.8, 4) is 0 Å². The van der Waals surface area contributed by atoms with Gasteiger partial charge >= 0.3 is 0 Å². The summed E-state index contributed by atoms with van der Waals surface area (Å²) in [6.45, 7) is 0.995. The van der Waals surface area contributed by atoms with Crippen molar-refractivity contribution in [2.45, 2.75) is 69.2 Å². The van der Waals surface area contributed by atoms with Crippen molar-refractivity contribution >= 4 is 0 Å². The number of unbranched alkanes of at least 4 members (excludes halogenated alkanes) is 4. The van der Waals surface area contributed by atoms with E-state index in [9.17, 15) is 5.11 Å². The molecule has 1 fully saturated rings. The van der Waals surface area contributed by atoms with Crippen LogP contribution in [0.4, 0.5) is 0 Å². The number of benzene rings is 1. The van der Waals surface area contributed by atoms with Crippen molar-refractivity contribution < 1.29 is 9.84 Å². The zero-order valence-corrected chi connectivity index (χ0v) is 14.6. The zero-order chi connectivity index (χ0) is 16.5. The van der Waals surface area contributed by atoms with Gasteiger partial charge in [0.15, 0.2) is 0 Å². The Morgan fingerprint density at radius 2 is 1.83 bits per heavy atom. The van der Waals surface area contributed by atoms with Gasteiger partial charge < -0.3 is 15.6 Å². The van der Waals surface area contributed by atoms with Crippen molar-refractivity contribution in [2.75, 3.05) is 20.3 Å². The molecule has 2 rings (SSSR count). The Balaban J connectivity index is 1.69. The van der Waals surface area contributed by atoms with E-state index in [1.54, 1.807) is 7.11 Å². The van der Waals surface area contributed by atoms with E-state index in [-0.39, 0.29) is 12.1 Å². The number of aliphatic hydroxyl groups is 1. The molecule has 2 atom stereocenters. The lowest BCUT2D eigenvalue weighted by Crippen LogP contribution is -2.40. The van der Waals surface area contributed by atoms with E-state index in [0.29, 0.717) is 5.92 Å². The van der Waals surface area contributed by atoms with Gasteiger partial charge in [0.05, 0.1) is 6.61 Å². The number of aryl methyl sites for hydroxylation is 1. The van der Waals surface area contributed by atoms with Crippen molar-refractivity contribution in [2.24, 2.45) is 5.73 Å². The summed E-state index contributed by atoms with van der Waals surface area (Å²) in [7, 11) is 1.77. The van der Waals surface area contributed by atoms with Crippen LogP contribution in [0.25, 0.3) is 0 Å². The van der Waals surface area contributed by atoms with E-state index in [4.69, 9.17) is 10.5 Å². The van der Waals surface area contributed by atoms with Crippen LogP contribution in [0.15, 0.2) is 24.3 Å². The summed E-state index contributed by atoms with van der Waals surface area (Å²) in [6.07, 6.45) is 10.5. The standard InChI is InChI=1S/C20H33NO2/c1-23-14-6-4-2-3-5-7-17-8-10-18(11-9-17)19-12-13-20(21,15-19)16-22/h8-11,19,22H,2-7,12-16,21H2,1H3/t19-,20-/m1/s1. The first-order chi connectivity index (χ1) is 11.2. The molecule has 0 aliphatic heterocycles. The number of rotatable bonds is 10. The van der Waals surface area contributed by atoms with E-state index < -0.39 is 0 Å². The Bertz CT molecular complexity index is 445. The summed E-state index contributed by atoms with van der Waals surface area (Å²) in [4.78, 5) is 0. The predicted molar refractivity (Wildman–Crippen MR) is 95.7 cm³/mol. The molecule has 0 radical (unpaired) electrons. The average Bonchev–Trinajstić information content (AvgIpc) is 2.98. The van der Waals surface area contributed by atoms with Crippen LogP contribution in [-0.2, 0) is 11.2 Å². The Morgan fingerprint density at radius 3 is 2.48 bits per heavy atom. The number of aliphatic hydroxyl groups excluding tert-OH is 1. The highest BCUT2D eigenvalue weighted by molar-refractivity contribution is 5.27. The van der Waals surface area contributed by atoms with Gasteiger partial charge in [-0.1, -0.05) is 43.5 Å². The molecule has 1 aromatic carbocycles. The predicted octanol–water partition coefficient (Wildman–Crippen LogP) is 3.78. The minimum atomic E-state index is -0.355. The molecule has 3 nitrogen and oxygen atoms in total. The minimum Gasteiger partial charge on any atom is -0.394 e. The van der Waals surface area contributed by atoms with Crippen molar-refractivity contribution in [3.63, 3.8) is 0 Å². The molecule has 0 aromatic heterocycles. The SMILES string of the molecule is COCCCCCCCc1ccc([C@@H]2CC[C@](N)(CO)C2)cc1. The molecule has 130 valence electrons. The monoisotopic (exact) mass is 319 g/mol. The summed E-state index contributed by atoms with van der Waals surface area (Å²) in [5, 5.41) is 9.39. The molecule has 0 spiro atoms. The molecular weight excluding hydrogens is 286 g/mol. The van der Waals surface area contributed by atoms with Gasteiger partial charge in [-0.15, -0.1) is 0 Å². The van der Waals surface area contributed by atoms with Crippen LogP contribution in [0, 0.1) is 0 Å². The third kappa shape index (κ3) is 5.91. The summed E-state index contributed by atoms with van der Waals surface area (Å²) < 4.78 is 5.07. The van der Waals surface area contributed by atoms with Gasteiger partial charge in [0.25, 0.3) is 0 Å². The van der Waals surface area contributed by atoms with E-state index in [1.165, 1.54) is 49.7 Å². The first kappa shape index (κ1) is 18.4. The summed E-state index contributed by atoms with van der Waals surface area (Å²) in [5.74, 6) is 0.516. The number of methoxy groups -OCH3 is 1. The summed E-state index contributed by atoms with van der Waals surface area (Å²) >= 11 is 0. The van der Waals surface area contributed by atoms with Crippen LogP contribution >= 0.6 is 0 Å². The van der Waals surface area contributed by atoms with Gasteiger partial charge in [-0.25, -0.2) is 0 Å². The maximum atomic E-state index is 9.39. The van der Waals surface area contributed by atoms with Crippen LogP contribution in [0.3, 0.4) is 0 Å². The van der Waals surface area contributed by atoms with Crippen LogP contribution in [-0.4, -0.2) is 31.0 Å². The molecular formula is C20H33NO2. The lowest BCUT2D eigenvalue weighted by atomic mass is 9.92. The minimum absolute atomic E-state index is 0.103. The lowest BCUT2D eigenvalue weighted by Gasteiger charge is -2.21. The molecule has 0 saturated heterocycles. The highest BCUT2D eigenvalue weighted by Crippen LogP contribution is 2.39. The fraction of sp³-hybridized carbons (Fsp3) is 0.700. The van der Waals surface area contributed by atoms with Gasteiger partial charge in [-0.2, -0.15) is 0 Å². The van der Waals surface area contributed by atoms with Gasteiger partial charge in [0, 0.05) is 19.3 Å². The van der Waals surface area contributed by atoms with Crippen molar-refractivity contribution in [3.05, 3.63) is 35.4 Å². The van der Waals surface area contributed by atoms with Gasteiger partial charge in [0.2, 0.25) is 0 Å². The second kappa shape index (κ2) is 9.41. The van der Waals surface area contributed by atoms with Crippen LogP contribution in [0.5, 0.6) is 0 Å². The molecule has 1 aromatic rings. The Labute approximate surface area is 141 Å². The fourth-order valence-electron chi connectivity index (χ4n) is 3.65. The zero-order valence-electron chi connectivity index (χ0n) is 14.6. The lowest BCUT2D eigenvalue weighted by molar-refractivity contribution is 0.192. The molecule has 0 amide bonds. The van der Waals surface area contributed by atoms with E-state index in [1.807, 2.05) is 0 Å². The molecule has 0 bridgehead atoms. The normalized spacial score (nSPS) is 24.2. The molecule has 1 aliphatic rings. The summed E-state index contributed by atoms with van der Waals surface area (Å²) in [6, 6.07) is 9.08. The number of hydrogen-bond donors (Lipinski definition) is 2. The van der Waals surface area contributed by atoms with Gasteiger partial charge in [-0.05, 0) is 55.6 Å². The van der Waals surface area contributed by atoms with Crippen LogP contribution in [0.2, 0.25) is 0 Å². The number of hydrogen-bond acceptors (Lipinski definition) is 3. The molecule has 0 unspecified atom stereocenters. The molecule has 0 heterocycles. The van der Waals surface area contributed by atoms with Crippen LogP contribution < -0.4 is 5.73 Å². The Hall–Kier alpha value is -0.900. The Morgan fingerprint density at radius 1 is 1.13 bits per heavy atom. The molecule has 1 saturated carbocycles. The van der Waals surface area contributed by atoms with Crippen LogP contribution in [0.1, 0.15) is 68.4 Å². The second-order valence-electron chi connectivity index (χ2n) is 7.21. The first-order valence-corrected chi connectivity index (χ1v) is 9.14. The second-order valence-corrected chi connectivity index (χ2v) is 7.21. The highest BCUT2D eigenvalue weighted by Gasteiger charge is 2.35. The van der Waals surface area contributed by atoms with E-state index in [0.717, 1.165) is 25.9 Å². The largest absolute Gasteiger partial charge is 0.394 e. The summed E-state index contributed by atoms with van der Waals surface area (Å²) in [5.41, 5.74) is 8.65. The highest BCUT2D eigenvalue weighted by atomic mass is 16.5. The number of nitrogens with two attached hydrogens (primary N) is 1.